The van der Waals surface area contributed by atoms with Crippen LogP contribution in [0.5, 0.6) is 0 Å². The van der Waals surface area contributed by atoms with Crippen LogP contribution in [-0.2, 0) is 16.0 Å². The van der Waals surface area contributed by atoms with Gasteiger partial charge in [0.15, 0.2) is 0 Å². The van der Waals surface area contributed by atoms with E-state index in [1.165, 1.54) is 12.5 Å². The summed E-state index contributed by atoms with van der Waals surface area (Å²) < 4.78 is 0. The highest BCUT2D eigenvalue weighted by atomic mass is 16.2. The highest BCUT2D eigenvalue weighted by molar-refractivity contribution is 6.00. The zero-order valence-electron chi connectivity index (χ0n) is 13.9. The fourth-order valence-corrected chi connectivity index (χ4v) is 3.00. The van der Waals surface area contributed by atoms with Gasteiger partial charge in [-0.15, -0.1) is 0 Å². The third-order valence-corrected chi connectivity index (χ3v) is 4.09. The van der Waals surface area contributed by atoms with Crippen molar-refractivity contribution in [1.82, 2.24) is 0 Å². The molecule has 124 valence electrons. The molecule has 5 heteroatoms. The lowest BCUT2D eigenvalue weighted by molar-refractivity contribution is -0.119. The number of carbonyl (C=O) groups is 2. The summed E-state index contributed by atoms with van der Waals surface area (Å²) in [4.78, 5) is 25.8. The summed E-state index contributed by atoms with van der Waals surface area (Å²) >= 11 is 0. The summed E-state index contributed by atoms with van der Waals surface area (Å²) in [6, 6.07) is 15.0. The summed E-state index contributed by atoms with van der Waals surface area (Å²) in [6.45, 7) is 4.04. The third-order valence-electron chi connectivity index (χ3n) is 4.09. The number of nitrogens with zero attached hydrogens (tertiary/aromatic N) is 1. The van der Waals surface area contributed by atoms with Crippen LogP contribution in [0, 0.1) is 0 Å². The van der Waals surface area contributed by atoms with Gasteiger partial charge in [0.2, 0.25) is 11.8 Å². The molecule has 0 fully saturated rings. The first-order valence-electron chi connectivity index (χ1n) is 8.08. The van der Waals surface area contributed by atoms with Crippen LogP contribution in [0.25, 0.3) is 0 Å². The van der Waals surface area contributed by atoms with Gasteiger partial charge < -0.3 is 15.5 Å². The van der Waals surface area contributed by atoms with Crippen LogP contribution in [0.4, 0.5) is 17.1 Å². The molecule has 2 amide bonds. The molecule has 0 spiro atoms. The quantitative estimate of drug-likeness (QED) is 0.909. The van der Waals surface area contributed by atoms with Crippen LogP contribution in [0.2, 0.25) is 0 Å². The summed E-state index contributed by atoms with van der Waals surface area (Å²) in [5.41, 5.74) is 3.72. The molecule has 1 heterocycles. The van der Waals surface area contributed by atoms with Gasteiger partial charge in [-0.2, -0.15) is 0 Å². The fraction of sp³-hybridized carbons (Fsp3) is 0.263. The van der Waals surface area contributed by atoms with Crippen molar-refractivity contribution in [3.8, 4) is 0 Å². The second-order valence-corrected chi connectivity index (χ2v) is 6.00. The summed E-state index contributed by atoms with van der Waals surface area (Å²) in [5, 5.41) is 5.96. The molecular formula is C19H21N3O2. The number of amides is 2. The van der Waals surface area contributed by atoms with Crippen molar-refractivity contribution in [2.75, 3.05) is 22.1 Å². The van der Waals surface area contributed by atoms with Gasteiger partial charge in [-0.1, -0.05) is 24.3 Å². The number of benzene rings is 2. The summed E-state index contributed by atoms with van der Waals surface area (Å²) in [7, 11) is 0. The van der Waals surface area contributed by atoms with Gasteiger partial charge in [0.25, 0.3) is 0 Å². The Hall–Kier alpha value is -2.82. The van der Waals surface area contributed by atoms with Crippen LogP contribution in [0.1, 0.15) is 19.4 Å². The highest BCUT2D eigenvalue weighted by Gasteiger charge is 2.27. The van der Waals surface area contributed by atoms with E-state index in [2.05, 4.69) is 16.7 Å². The van der Waals surface area contributed by atoms with E-state index in [4.69, 9.17) is 0 Å². The van der Waals surface area contributed by atoms with Gasteiger partial charge in [-0.3, -0.25) is 9.59 Å². The predicted octanol–water partition coefficient (Wildman–Crippen LogP) is 3.03. The zero-order chi connectivity index (χ0) is 17.1. The normalized spacial score (nSPS) is 14.0. The molecule has 3 rings (SSSR count). The maximum atomic E-state index is 12.8. The van der Waals surface area contributed by atoms with Gasteiger partial charge in [-0.25, -0.2) is 0 Å². The number of para-hydroxylation sites is 1. The minimum absolute atomic E-state index is 0.0462. The van der Waals surface area contributed by atoms with Crippen LogP contribution in [0.3, 0.4) is 0 Å². The molecule has 2 aromatic carbocycles. The van der Waals surface area contributed by atoms with Gasteiger partial charge in [-0.05, 0) is 43.2 Å². The molecule has 2 aromatic rings. The Balaban J connectivity index is 1.70. The number of carbonyl (C=O) groups excluding carboxylic acids is 2. The molecule has 0 bridgehead atoms. The van der Waals surface area contributed by atoms with E-state index >= 15 is 0 Å². The largest absolute Gasteiger partial charge is 0.374 e. The van der Waals surface area contributed by atoms with E-state index in [9.17, 15) is 9.59 Å². The van der Waals surface area contributed by atoms with Crippen molar-refractivity contribution in [2.45, 2.75) is 26.3 Å². The van der Waals surface area contributed by atoms with E-state index in [-0.39, 0.29) is 17.9 Å². The topological polar surface area (TPSA) is 61.4 Å². The Morgan fingerprint density at radius 1 is 1.08 bits per heavy atom. The van der Waals surface area contributed by atoms with Crippen LogP contribution < -0.4 is 15.5 Å². The molecule has 0 aromatic heterocycles. The highest BCUT2D eigenvalue weighted by Crippen LogP contribution is 2.28. The van der Waals surface area contributed by atoms with E-state index in [0.717, 1.165) is 24.3 Å². The smallest absolute Gasteiger partial charge is 0.249 e. The Labute approximate surface area is 141 Å². The number of anilines is 3. The standard InChI is InChI=1S/C19H21N3O2/c1-13(20-16-7-5-8-17(12-16)21-14(2)23)19(24)22-11-10-15-6-3-4-9-18(15)22/h3-9,12-13,20H,10-11H2,1-2H3,(H,21,23)/t13-/m1/s1. The van der Waals surface area contributed by atoms with Gasteiger partial charge >= 0.3 is 0 Å². The Kier molecular flexibility index (Phi) is 4.51. The lowest BCUT2D eigenvalue weighted by Gasteiger charge is -2.23. The molecule has 1 aliphatic rings. The van der Waals surface area contributed by atoms with Crippen molar-refractivity contribution < 1.29 is 9.59 Å². The zero-order valence-corrected chi connectivity index (χ0v) is 13.9. The van der Waals surface area contributed by atoms with Gasteiger partial charge in [0.1, 0.15) is 6.04 Å². The van der Waals surface area contributed by atoms with E-state index < -0.39 is 0 Å². The second-order valence-electron chi connectivity index (χ2n) is 6.00. The Morgan fingerprint density at radius 3 is 2.62 bits per heavy atom. The molecule has 0 aliphatic carbocycles. The fourth-order valence-electron chi connectivity index (χ4n) is 3.00. The molecule has 2 N–H and O–H groups in total. The monoisotopic (exact) mass is 323 g/mol. The maximum Gasteiger partial charge on any atom is 0.249 e. The van der Waals surface area contributed by atoms with Crippen LogP contribution >= 0.6 is 0 Å². The molecule has 5 nitrogen and oxygen atoms in total. The first-order valence-corrected chi connectivity index (χ1v) is 8.08. The average Bonchev–Trinajstić information content (AvgIpc) is 2.97. The van der Waals surface area contributed by atoms with E-state index in [1.54, 1.807) is 0 Å². The molecule has 0 saturated heterocycles. The first kappa shape index (κ1) is 16.1. The second kappa shape index (κ2) is 6.74. The van der Waals surface area contributed by atoms with Crippen molar-refractivity contribution in [3.05, 3.63) is 54.1 Å². The van der Waals surface area contributed by atoms with Gasteiger partial charge in [0, 0.05) is 30.5 Å². The summed E-state index contributed by atoms with van der Waals surface area (Å²) in [5.74, 6) is -0.0742. The molecule has 1 atom stereocenters. The molecule has 0 radical (unpaired) electrons. The predicted molar refractivity (Wildman–Crippen MR) is 96.3 cm³/mol. The lowest BCUT2D eigenvalue weighted by Crippen LogP contribution is -2.40. The van der Waals surface area contributed by atoms with Crippen molar-refractivity contribution in [2.24, 2.45) is 0 Å². The summed E-state index contributed by atoms with van der Waals surface area (Å²) in [6.07, 6.45) is 0.895. The van der Waals surface area contributed by atoms with Crippen molar-refractivity contribution >= 4 is 28.9 Å². The van der Waals surface area contributed by atoms with Crippen LogP contribution in [-0.4, -0.2) is 24.4 Å². The van der Waals surface area contributed by atoms with E-state index in [0.29, 0.717) is 5.69 Å². The van der Waals surface area contributed by atoms with Gasteiger partial charge in [0.05, 0.1) is 0 Å². The number of nitrogens with one attached hydrogen (secondary N) is 2. The first-order chi connectivity index (χ1) is 11.5. The van der Waals surface area contributed by atoms with Crippen LogP contribution in [0.15, 0.2) is 48.5 Å². The van der Waals surface area contributed by atoms with Crippen molar-refractivity contribution in [1.29, 1.82) is 0 Å². The lowest BCUT2D eigenvalue weighted by atomic mass is 10.2. The SMILES string of the molecule is CC(=O)Nc1cccc(N[C@H](C)C(=O)N2CCc3ccccc32)c1. The molecule has 24 heavy (non-hydrogen) atoms. The third kappa shape index (κ3) is 3.40. The minimum atomic E-state index is -0.358. The van der Waals surface area contributed by atoms with Crippen molar-refractivity contribution in [3.63, 3.8) is 0 Å². The molecule has 0 unspecified atom stereocenters. The minimum Gasteiger partial charge on any atom is -0.374 e. The average molecular weight is 323 g/mol. The maximum absolute atomic E-state index is 12.8. The molecule has 0 saturated carbocycles. The Bertz CT molecular complexity index is 773. The number of fused-ring (bicyclic) bond motifs is 1. The number of rotatable bonds is 4. The van der Waals surface area contributed by atoms with E-state index in [1.807, 2.05) is 54.3 Å². The number of hydrogen-bond acceptors (Lipinski definition) is 3. The molecule has 1 aliphatic heterocycles. The Morgan fingerprint density at radius 2 is 1.83 bits per heavy atom. The molecular weight excluding hydrogens is 302 g/mol. The number of hydrogen-bond donors (Lipinski definition) is 2.